The molecule has 150 valence electrons. The van der Waals surface area contributed by atoms with Gasteiger partial charge in [-0.2, -0.15) is 18.3 Å². The lowest BCUT2D eigenvalue weighted by atomic mass is 9.87. The number of anilines is 1. The molecule has 1 aliphatic rings. The van der Waals surface area contributed by atoms with Crippen molar-refractivity contribution in [3.63, 3.8) is 0 Å². The Morgan fingerprint density at radius 2 is 1.93 bits per heavy atom. The van der Waals surface area contributed by atoms with E-state index >= 15 is 0 Å². The molecule has 0 aliphatic carbocycles. The van der Waals surface area contributed by atoms with Crippen LogP contribution in [0.15, 0.2) is 48.7 Å². The van der Waals surface area contributed by atoms with E-state index in [1.807, 2.05) is 0 Å². The Kier molecular flexibility index (Phi) is 4.73. The molecule has 1 unspecified atom stereocenters. The third kappa shape index (κ3) is 3.80. The number of fused-ring (bicyclic) bond motifs is 1. The summed E-state index contributed by atoms with van der Waals surface area (Å²) < 4.78 is 59.3. The first-order valence-electron chi connectivity index (χ1n) is 8.74. The lowest BCUT2D eigenvalue weighted by Gasteiger charge is -2.22. The topological polar surface area (TPSA) is 67.0 Å². The number of carbonyl (C=O) groups excluding carboxylic acids is 1. The third-order valence-corrected chi connectivity index (χ3v) is 4.76. The Hall–Kier alpha value is -3.36. The molecule has 2 N–H and O–H groups in total. The minimum atomic E-state index is -4.50. The van der Waals surface area contributed by atoms with E-state index in [9.17, 15) is 22.4 Å². The van der Waals surface area contributed by atoms with E-state index < -0.39 is 23.5 Å². The molecule has 9 heteroatoms. The van der Waals surface area contributed by atoms with E-state index in [0.29, 0.717) is 11.4 Å². The van der Waals surface area contributed by atoms with Gasteiger partial charge < -0.3 is 10.1 Å². The van der Waals surface area contributed by atoms with Gasteiger partial charge in [-0.05, 0) is 17.7 Å². The fourth-order valence-corrected chi connectivity index (χ4v) is 3.38. The van der Waals surface area contributed by atoms with Crippen LogP contribution in [0.1, 0.15) is 34.6 Å². The quantitative estimate of drug-likeness (QED) is 0.623. The van der Waals surface area contributed by atoms with Crippen molar-refractivity contribution in [2.24, 2.45) is 0 Å². The number of aromatic amines is 1. The molecule has 2 heterocycles. The van der Waals surface area contributed by atoms with Crippen molar-refractivity contribution in [2.45, 2.75) is 25.1 Å². The summed E-state index contributed by atoms with van der Waals surface area (Å²) in [6.07, 6.45) is -2.85. The zero-order chi connectivity index (χ0) is 20.6. The average Bonchev–Trinajstić information content (AvgIpc) is 3.14. The molecule has 29 heavy (non-hydrogen) atoms. The zero-order valence-electron chi connectivity index (χ0n) is 14.9. The van der Waals surface area contributed by atoms with Gasteiger partial charge in [0.05, 0.1) is 5.56 Å². The Morgan fingerprint density at radius 1 is 1.14 bits per heavy atom. The summed E-state index contributed by atoms with van der Waals surface area (Å²) in [5.74, 6) is -0.959. The molecule has 0 fully saturated rings. The minimum Gasteiger partial charge on any atom is -0.489 e. The molecule has 0 spiro atoms. The smallest absolute Gasteiger partial charge is 0.416 e. The normalized spacial score (nSPS) is 16.3. The molecule has 1 aromatic heterocycles. The first-order chi connectivity index (χ1) is 13.8. The summed E-state index contributed by atoms with van der Waals surface area (Å²) in [6.45, 7) is -0.355. The van der Waals surface area contributed by atoms with Crippen LogP contribution in [0, 0.1) is 5.82 Å². The van der Waals surface area contributed by atoms with E-state index in [0.717, 1.165) is 12.1 Å². The van der Waals surface area contributed by atoms with E-state index in [2.05, 4.69) is 15.5 Å². The van der Waals surface area contributed by atoms with Gasteiger partial charge >= 0.3 is 6.18 Å². The largest absolute Gasteiger partial charge is 0.489 e. The van der Waals surface area contributed by atoms with Crippen molar-refractivity contribution in [3.05, 3.63) is 76.7 Å². The number of aromatic nitrogens is 2. The highest BCUT2D eigenvalue weighted by Gasteiger charge is 2.33. The fourth-order valence-electron chi connectivity index (χ4n) is 3.38. The van der Waals surface area contributed by atoms with Crippen molar-refractivity contribution < 1.29 is 27.1 Å². The molecular formula is C20H15F4N3O2. The summed E-state index contributed by atoms with van der Waals surface area (Å²) in [4.78, 5) is 11.9. The van der Waals surface area contributed by atoms with Crippen LogP contribution in [0.5, 0.6) is 5.75 Å². The highest BCUT2D eigenvalue weighted by atomic mass is 19.4. The molecule has 2 aromatic carbocycles. The Bertz CT molecular complexity index is 1060. The Labute approximate surface area is 162 Å². The van der Waals surface area contributed by atoms with Crippen LogP contribution in [0.2, 0.25) is 0 Å². The summed E-state index contributed by atoms with van der Waals surface area (Å²) in [5, 5.41) is 9.17. The van der Waals surface area contributed by atoms with Gasteiger partial charge in [-0.25, -0.2) is 4.39 Å². The molecule has 0 saturated carbocycles. The zero-order valence-corrected chi connectivity index (χ0v) is 14.9. The van der Waals surface area contributed by atoms with E-state index in [1.54, 1.807) is 6.20 Å². The van der Waals surface area contributed by atoms with Gasteiger partial charge in [0.1, 0.15) is 18.2 Å². The van der Waals surface area contributed by atoms with Crippen LogP contribution in [-0.4, -0.2) is 16.1 Å². The predicted octanol–water partition coefficient (Wildman–Crippen LogP) is 4.62. The molecule has 5 nitrogen and oxygen atoms in total. The van der Waals surface area contributed by atoms with Gasteiger partial charge in [0.2, 0.25) is 5.91 Å². The Morgan fingerprint density at radius 3 is 2.69 bits per heavy atom. The number of carbonyl (C=O) groups is 1. The maximum atomic E-state index is 14.7. The average molecular weight is 405 g/mol. The van der Waals surface area contributed by atoms with E-state index in [4.69, 9.17) is 4.74 Å². The van der Waals surface area contributed by atoms with Crippen LogP contribution in [-0.2, 0) is 17.6 Å². The van der Waals surface area contributed by atoms with Gasteiger partial charge in [0, 0.05) is 35.7 Å². The molecule has 0 radical (unpaired) electrons. The SMILES string of the molecule is O=C1CC(c2ccc(OCc3ccccc3C(F)(F)F)cc2F)c2c[nH]nc2N1. The number of hydrogen-bond donors (Lipinski definition) is 2. The minimum absolute atomic E-state index is 0.0449. The molecular weight excluding hydrogens is 390 g/mol. The molecule has 1 aliphatic heterocycles. The van der Waals surface area contributed by atoms with Gasteiger partial charge in [0.15, 0.2) is 5.82 Å². The highest BCUT2D eigenvalue weighted by Crippen LogP contribution is 2.38. The second kappa shape index (κ2) is 7.23. The first-order valence-corrected chi connectivity index (χ1v) is 8.74. The van der Waals surface area contributed by atoms with Crippen LogP contribution in [0.4, 0.5) is 23.4 Å². The van der Waals surface area contributed by atoms with Crippen molar-refractivity contribution in [2.75, 3.05) is 5.32 Å². The second-order valence-corrected chi connectivity index (χ2v) is 6.62. The lowest BCUT2D eigenvalue weighted by molar-refractivity contribution is -0.138. The third-order valence-electron chi connectivity index (χ3n) is 4.76. The van der Waals surface area contributed by atoms with Gasteiger partial charge in [0.25, 0.3) is 0 Å². The van der Waals surface area contributed by atoms with Crippen molar-refractivity contribution in [1.29, 1.82) is 0 Å². The number of nitrogens with one attached hydrogen (secondary N) is 2. The number of amides is 1. The second-order valence-electron chi connectivity index (χ2n) is 6.62. The summed E-state index contributed by atoms with van der Waals surface area (Å²) in [5.41, 5.74) is 0.107. The standard InChI is InChI=1S/C20H15F4N3O2/c21-17-7-12(29-10-11-3-1-2-4-16(11)20(22,23)24)5-6-13(17)14-8-18(28)26-19-15(14)9-25-27-19/h1-7,9,14H,8,10H2,(H2,25,26,27,28). The van der Waals surface area contributed by atoms with Gasteiger partial charge in [-0.15, -0.1) is 0 Å². The number of alkyl halides is 3. The van der Waals surface area contributed by atoms with E-state index in [1.165, 1.54) is 30.3 Å². The molecule has 0 saturated heterocycles. The number of rotatable bonds is 4. The molecule has 1 atom stereocenters. The van der Waals surface area contributed by atoms with Gasteiger partial charge in [-0.1, -0.05) is 24.3 Å². The maximum Gasteiger partial charge on any atom is 0.416 e. The van der Waals surface area contributed by atoms with Gasteiger partial charge in [-0.3, -0.25) is 9.89 Å². The lowest BCUT2D eigenvalue weighted by Crippen LogP contribution is -2.23. The van der Waals surface area contributed by atoms with E-state index in [-0.39, 0.29) is 35.8 Å². The fraction of sp³-hybridized carbons (Fsp3) is 0.200. The number of ether oxygens (including phenoxy) is 1. The number of nitrogens with zero attached hydrogens (tertiary/aromatic N) is 1. The summed E-state index contributed by atoms with van der Waals surface area (Å²) >= 11 is 0. The first kappa shape index (κ1) is 19.0. The van der Waals surface area contributed by atoms with Crippen molar-refractivity contribution in [1.82, 2.24) is 10.2 Å². The number of hydrogen-bond acceptors (Lipinski definition) is 3. The number of H-pyrrole nitrogens is 1. The maximum absolute atomic E-state index is 14.7. The molecule has 3 aromatic rings. The molecule has 1 amide bonds. The van der Waals surface area contributed by atoms with Crippen molar-refractivity contribution in [3.8, 4) is 5.75 Å². The predicted molar refractivity (Wildman–Crippen MR) is 95.9 cm³/mol. The van der Waals surface area contributed by atoms with Crippen LogP contribution >= 0.6 is 0 Å². The van der Waals surface area contributed by atoms with Crippen molar-refractivity contribution >= 4 is 11.7 Å². The molecule has 0 bridgehead atoms. The van der Waals surface area contributed by atoms with Crippen LogP contribution in [0.25, 0.3) is 0 Å². The van der Waals surface area contributed by atoms with Crippen LogP contribution in [0.3, 0.4) is 0 Å². The number of benzene rings is 2. The molecule has 4 rings (SSSR count). The Balaban J connectivity index is 1.55. The summed E-state index contributed by atoms with van der Waals surface area (Å²) in [6, 6.07) is 9.12. The monoisotopic (exact) mass is 405 g/mol. The number of halogens is 4. The van der Waals surface area contributed by atoms with Crippen LogP contribution < -0.4 is 10.1 Å². The highest BCUT2D eigenvalue weighted by molar-refractivity contribution is 5.94. The summed E-state index contributed by atoms with van der Waals surface area (Å²) in [7, 11) is 0.